The van der Waals surface area contributed by atoms with Crippen molar-refractivity contribution in [3.63, 3.8) is 0 Å². The molecule has 5 rings (SSSR count). The van der Waals surface area contributed by atoms with Crippen LogP contribution >= 0.6 is 0 Å². The Morgan fingerprint density at radius 2 is 0.727 bits per heavy atom. The Hall–Kier alpha value is -3.34. The lowest BCUT2D eigenvalue weighted by Gasteiger charge is -2.02. The maximum Gasteiger partial charge on any atom is 0.109 e. The van der Waals surface area contributed by atoms with E-state index in [4.69, 9.17) is 0 Å². The van der Waals surface area contributed by atoms with E-state index in [0.29, 0.717) is 0 Å². The van der Waals surface area contributed by atoms with E-state index in [-0.39, 0.29) is 0 Å². The molecule has 180 valence electrons. The lowest BCUT2D eigenvalue weighted by Crippen LogP contribution is -2.06. The second-order valence-electron chi connectivity index (χ2n) is 6.52. The van der Waals surface area contributed by atoms with Crippen LogP contribution in [0.2, 0.25) is 0 Å². The van der Waals surface area contributed by atoms with Gasteiger partial charge in [0.25, 0.3) is 0 Å². The zero-order chi connectivity index (χ0) is 25.0. The summed E-state index contributed by atoms with van der Waals surface area (Å²) >= 11 is 0. The number of anilines is 2. The van der Waals surface area contributed by atoms with Crippen molar-refractivity contribution in [1.29, 1.82) is 0 Å². The first kappa shape index (κ1) is 27.7. The topological polar surface area (TPSA) is 75.2 Å². The highest BCUT2D eigenvalue weighted by Gasteiger charge is 2.06. The van der Waals surface area contributed by atoms with Gasteiger partial charge >= 0.3 is 0 Å². The van der Waals surface area contributed by atoms with Gasteiger partial charge in [-0.2, -0.15) is 0 Å². The molecule has 1 aliphatic rings. The highest BCUT2D eigenvalue weighted by molar-refractivity contribution is 5.67. The van der Waals surface area contributed by atoms with Crippen LogP contribution in [0, 0.1) is 10.7 Å². The molecule has 0 atom stereocenters. The van der Waals surface area contributed by atoms with Crippen molar-refractivity contribution >= 4 is 22.8 Å². The highest BCUT2D eigenvalue weighted by atomic mass is 15.1. The van der Waals surface area contributed by atoms with Crippen molar-refractivity contribution < 1.29 is 0 Å². The molecule has 0 spiro atoms. The van der Waals surface area contributed by atoms with Gasteiger partial charge in [0.15, 0.2) is 0 Å². The van der Waals surface area contributed by atoms with Crippen LogP contribution in [-0.4, -0.2) is 19.9 Å². The number of nitrogens with one attached hydrogen (secondary N) is 5. The summed E-state index contributed by atoms with van der Waals surface area (Å²) in [5.41, 5.74) is 4.53. The quantitative estimate of drug-likeness (QED) is 0.199. The lowest BCUT2D eigenvalue weighted by atomic mass is 10.2. The van der Waals surface area contributed by atoms with Crippen LogP contribution < -0.4 is 16.0 Å². The van der Waals surface area contributed by atoms with Gasteiger partial charge in [0.1, 0.15) is 11.6 Å². The molecule has 5 N–H and O–H groups in total. The smallest absolute Gasteiger partial charge is 0.109 e. The molecule has 0 unspecified atom stereocenters. The van der Waals surface area contributed by atoms with Gasteiger partial charge in [-0.1, -0.05) is 55.4 Å². The highest BCUT2D eigenvalue weighted by Crippen LogP contribution is 2.20. The summed E-state index contributed by atoms with van der Waals surface area (Å²) in [6.07, 6.45) is 0. The molecule has 0 fully saturated rings. The number of hydrogen-bond donors (Lipinski definition) is 5. The summed E-state index contributed by atoms with van der Waals surface area (Å²) < 4.78 is 0. The lowest BCUT2D eigenvalue weighted by molar-refractivity contribution is 1.16. The van der Waals surface area contributed by atoms with Crippen molar-refractivity contribution in [2.75, 3.05) is 5.32 Å². The average Bonchev–Trinajstić information content (AvgIpc) is 3.70. The van der Waals surface area contributed by atoms with Gasteiger partial charge < -0.3 is 25.3 Å². The molecule has 4 aromatic heterocycles. The van der Waals surface area contributed by atoms with E-state index in [2.05, 4.69) is 87.6 Å². The summed E-state index contributed by atoms with van der Waals surface area (Å²) in [5.74, 6) is 1.92. The van der Waals surface area contributed by atoms with Crippen molar-refractivity contribution in [2.24, 2.45) is 0 Å². The molecule has 4 aromatic rings. The minimum absolute atomic E-state index is 0.962. The fourth-order valence-electron chi connectivity index (χ4n) is 3.35. The van der Waals surface area contributed by atoms with Gasteiger partial charge in [0.2, 0.25) is 0 Å². The third-order valence-corrected chi connectivity index (χ3v) is 4.92. The summed E-state index contributed by atoms with van der Waals surface area (Å²) in [6.45, 7) is 20.2. The Labute approximate surface area is 198 Å². The van der Waals surface area contributed by atoms with E-state index in [0.717, 1.165) is 44.4 Å². The zero-order valence-electron chi connectivity index (χ0n) is 22.1. The first-order chi connectivity index (χ1) is 16.2. The van der Waals surface area contributed by atoms with Crippen molar-refractivity contribution in [1.82, 2.24) is 19.9 Å². The summed E-state index contributed by atoms with van der Waals surface area (Å²) in [7, 11) is 0. The molecule has 5 nitrogen and oxygen atoms in total. The molecule has 0 aromatic carbocycles. The van der Waals surface area contributed by atoms with Crippen LogP contribution in [0.1, 0.15) is 80.6 Å². The number of aromatic nitrogens is 4. The Morgan fingerprint density at radius 3 is 1.09 bits per heavy atom. The number of H-pyrrole nitrogens is 4. The molecular weight excluding hydrogens is 406 g/mol. The van der Waals surface area contributed by atoms with Gasteiger partial charge in [-0.3, -0.25) is 0 Å². The molecule has 0 aliphatic carbocycles. The molecule has 0 saturated carbocycles. The average molecular weight is 450 g/mol. The monoisotopic (exact) mass is 449 g/mol. The standard InChI is InChI=1S/C20H19N5.4C2H6/c1-11-13-3-5-17(21-13)18-6-4-14(22-18)12(2)16-8-10-20(24-16)25-19-9-7-15(11)23-19;4*1-2/h3-10,21-25H,1-2H3;4*1-2H3. The molecule has 0 saturated heterocycles. The third-order valence-electron chi connectivity index (χ3n) is 4.92. The second-order valence-corrected chi connectivity index (χ2v) is 6.52. The molecule has 0 amide bonds. The Kier molecular flexibility index (Phi) is 11.7. The Balaban J connectivity index is 0.000000619. The molecule has 0 radical (unpaired) electrons. The van der Waals surface area contributed by atoms with Crippen LogP contribution in [0.4, 0.5) is 11.6 Å². The summed E-state index contributed by atoms with van der Waals surface area (Å²) in [5, 5.41) is 7.78. The maximum atomic E-state index is 3.52. The van der Waals surface area contributed by atoms with E-state index < -0.39 is 0 Å². The van der Waals surface area contributed by atoms with Crippen LogP contribution in [-0.2, 0) is 0 Å². The Morgan fingerprint density at radius 1 is 0.394 bits per heavy atom. The SMILES string of the molecule is CC.CC.CC.CC.CC1=c2ccc([nH]2)=c2ccc([nH]2)=C(C)c2ccc([nH]2)Nc2ccc1[nH]2. The van der Waals surface area contributed by atoms with E-state index in [1.807, 2.05) is 55.4 Å². The normalized spacial score (nSPS) is 10.8. The van der Waals surface area contributed by atoms with Crippen LogP contribution in [0.15, 0.2) is 48.5 Å². The van der Waals surface area contributed by atoms with Crippen molar-refractivity contribution in [3.05, 3.63) is 81.3 Å². The fraction of sp³-hybridized carbons (Fsp3) is 0.357. The molecule has 33 heavy (non-hydrogen) atoms. The van der Waals surface area contributed by atoms with Gasteiger partial charge in [0, 0.05) is 22.1 Å². The van der Waals surface area contributed by atoms with Gasteiger partial charge in [-0.25, -0.2) is 0 Å². The van der Waals surface area contributed by atoms with Crippen LogP contribution in [0.3, 0.4) is 0 Å². The first-order valence-electron chi connectivity index (χ1n) is 12.4. The number of hydrogen-bond acceptors (Lipinski definition) is 1. The van der Waals surface area contributed by atoms with E-state index in [1.54, 1.807) is 0 Å². The summed E-state index contributed by atoms with van der Waals surface area (Å²) in [6, 6.07) is 16.8. The number of rotatable bonds is 0. The van der Waals surface area contributed by atoms with Crippen molar-refractivity contribution in [2.45, 2.75) is 69.2 Å². The zero-order valence-corrected chi connectivity index (χ0v) is 22.1. The predicted molar refractivity (Wildman–Crippen MR) is 145 cm³/mol. The van der Waals surface area contributed by atoms with Gasteiger partial charge in [-0.05, 0) is 73.5 Å². The summed E-state index contributed by atoms with van der Waals surface area (Å²) in [4.78, 5) is 13.9. The van der Waals surface area contributed by atoms with Crippen LogP contribution in [0.5, 0.6) is 0 Å². The molecule has 5 heterocycles. The molecule has 8 bridgehead atoms. The minimum Gasteiger partial charge on any atom is -0.354 e. The van der Waals surface area contributed by atoms with Crippen LogP contribution in [0.25, 0.3) is 11.1 Å². The molecule has 5 heteroatoms. The van der Waals surface area contributed by atoms with Gasteiger partial charge in [-0.15, -0.1) is 0 Å². The fourth-order valence-corrected chi connectivity index (χ4v) is 3.35. The molecular formula is C28H43N5. The predicted octanol–water partition coefficient (Wildman–Crippen LogP) is 6.89. The Bertz CT molecular complexity index is 1190. The first-order valence-corrected chi connectivity index (χ1v) is 12.4. The maximum absolute atomic E-state index is 3.52. The molecule has 1 aliphatic heterocycles. The minimum atomic E-state index is 0.962. The van der Waals surface area contributed by atoms with Gasteiger partial charge in [0.05, 0.1) is 10.7 Å². The van der Waals surface area contributed by atoms with Crippen molar-refractivity contribution in [3.8, 4) is 0 Å². The second kappa shape index (κ2) is 13.9. The van der Waals surface area contributed by atoms with E-state index >= 15 is 0 Å². The largest absolute Gasteiger partial charge is 0.354 e. The van der Waals surface area contributed by atoms with E-state index in [1.165, 1.54) is 11.1 Å². The third kappa shape index (κ3) is 6.35. The van der Waals surface area contributed by atoms with E-state index in [9.17, 15) is 0 Å². The number of fused-ring (bicyclic) bond motifs is 8. The number of aromatic amines is 4.